The molecule has 1 amide bonds. The highest BCUT2D eigenvalue weighted by Gasteiger charge is 2.41. The number of hydrogen-bond acceptors (Lipinski definition) is 4. The highest BCUT2D eigenvalue weighted by molar-refractivity contribution is 5.47. The average molecular weight is 399 g/mol. The van der Waals surface area contributed by atoms with E-state index in [1.807, 2.05) is 4.90 Å². The number of rotatable bonds is 5. The summed E-state index contributed by atoms with van der Waals surface area (Å²) in [6.45, 7) is 4.85. The molecule has 3 heterocycles. The summed E-state index contributed by atoms with van der Waals surface area (Å²) >= 11 is 0. The number of amides is 1. The molecule has 0 bridgehead atoms. The van der Waals surface area contributed by atoms with Gasteiger partial charge in [0.05, 0.1) is 6.61 Å². The van der Waals surface area contributed by atoms with Crippen LogP contribution in [0.2, 0.25) is 0 Å². The van der Waals surface area contributed by atoms with Gasteiger partial charge in [0, 0.05) is 32.2 Å². The molecule has 158 valence electrons. The summed E-state index contributed by atoms with van der Waals surface area (Å²) in [6, 6.07) is 7.24. The molecule has 0 radical (unpaired) electrons. The zero-order chi connectivity index (χ0) is 19.7. The summed E-state index contributed by atoms with van der Waals surface area (Å²) in [5.74, 6) is 2.57. The lowest BCUT2D eigenvalue weighted by atomic mass is 9.81. The van der Waals surface area contributed by atoms with Crippen molar-refractivity contribution in [1.82, 2.24) is 9.80 Å². The van der Waals surface area contributed by atoms with Gasteiger partial charge in [0.2, 0.25) is 6.41 Å². The molecule has 5 rings (SSSR count). The van der Waals surface area contributed by atoms with Gasteiger partial charge in [-0.1, -0.05) is 6.42 Å². The number of nitrogens with zero attached hydrogens (tertiary/aromatic N) is 2. The van der Waals surface area contributed by atoms with Crippen molar-refractivity contribution in [3.05, 3.63) is 23.8 Å². The first-order valence-corrected chi connectivity index (χ1v) is 11.6. The Morgan fingerprint density at radius 1 is 1.07 bits per heavy atom. The monoisotopic (exact) mass is 398 g/mol. The van der Waals surface area contributed by atoms with Crippen LogP contribution in [0.5, 0.6) is 11.5 Å². The van der Waals surface area contributed by atoms with Gasteiger partial charge in [-0.2, -0.15) is 0 Å². The van der Waals surface area contributed by atoms with Crippen molar-refractivity contribution < 1.29 is 14.3 Å². The van der Waals surface area contributed by atoms with E-state index >= 15 is 0 Å². The van der Waals surface area contributed by atoms with E-state index in [1.54, 1.807) is 0 Å². The van der Waals surface area contributed by atoms with E-state index in [4.69, 9.17) is 9.47 Å². The van der Waals surface area contributed by atoms with E-state index in [0.29, 0.717) is 5.92 Å². The normalized spacial score (nSPS) is 25.2. The lowest BCUT2D eigenvalue weighted by Crippen LogP contribution is -2.53. The molecule has 0 unspecified atom stereocenters. The summed E-state index contributed by atoms with van der Waals surface area (Å²) in [6.07, 6.45) is 11.8. The Morgan fingerprint density at radius 3 is 2.55 bits per heavy atom. The molecule has 5 heteroatoms. The van der Waals surface area contributed by atoms with Crippen LogP contribution in [-0.2, 0) is 11.2 Å². The molecule has 2 saturated heterocycles. The fourth-order valence-corrected chi connectivity index (χ4v) is 5.43. The number of ether oxygens (including phenoxy) is 2. The standard InChI is InChI=1S/C24H34N2O3/c27-18-25-12-7-19(8-13-25)17-28-22-4-5-23-20(16-22)6-9-24(29-23)10-14-26(15-11-24)21-2-1-3-21/h4-5,16,18-19,21H,1-3,6-15,17H2. The first kappa shape index (κ1) is 19.2. The number of hydrogen-bond donors (Lipinski definition) is 0. The maximum absolute atomic E-state index is 10.8. The Morgan fingerprint density at radius 2 is 1.86 bits per heavy atom. The van der Waals surface area contributed by atoms with E-state index in [-0.39, 0.29) is 5.60 Å². The zero-order valence-electron chi connectivity index (χ0n) is 17.5. The molecule has 0 atom stereocenters. The van der Waals surface area contributed by atoms with Crippen LogP contribution in [0.4, 0.5) is 0 Å². The van der Waals surface area contributed by atoms with Crippen molar-refractivity contribution in [2.24, 2.45) is 5.92 Å². The summed E-state index contributed by atoms with van der Waals surface area (Å²) in [4.78, 5) is 15.4. The largest absolute Gasteiger partial charge is 0.493 e. The van der Waals surface area contributed by atoms with Crippen LogP contribution in [-0.4, -0.2) is 60.6 Å². The smallest absolute Gasteiger partial charge is 0.209 e. The highest BCUT2D eigenvalue weighted by Crippen LogP contribution is 2.41. The van der Waals surface area contributed by atoms with Gasteiger partial charge in [0.15, 0.2) is 0 Å². The Labute approximate surface area is 174 Å². The van der Waals surface area contributed by atoms with Gasteiger partial charge in [0.1, 0.15) is 17.1 Å². The minimum atomic E-state index is 0.0577. The molecule has 4 aliphatic rings. The van der Waals surface area contributed by atoms with Gasteiger partial charge in [0.25, 0.3) is 0 Å². The Bertz CT molecular complexity index is 717. The van der Waals surface area contributed by atoms with Gasteiger partial charge in [-0.05, 0) is 81.0 Å². The molecule has 5 nitrogen and oxygen atoms in total. The third-order valence-corrected chi connectivity index (χ3v) is 7.79. The molecule has 1 aromatic rings. The molecule has 0 N–H and O–H groups in total. The minimum Gasteiger partial charge on any atom is -0.493 e. The molecular weight excluding hydrogens is 364 g/mol. The van der Waals surface area contributed by atoms with Crippen LogP contribution in [0, 0.1) is 5.92 Å². The van der Waals surface area contributed by atoms with Crippen molar-refractivity contribution in [3.63, 3.8) is 0 Å². The number of carbonyl (C=O) groups is 1. The van der Waals surface area contributed by atoms with E-state index < -0.39 is 0 Å². The lowest BCUT2D eigenvalue weighted by Gasteiger charge is -2.48. The van der Waals surface area contributed by atoms with Crippen LogP contribution in [0.15, 0.2) is 18.2 Å². The molecule has 1 aromatic carbocycles. The quantitative estimate of drug-likeness (QED) is 0.710. The van der Waals surface area contributed by atoms with Crippen molar-refractivity contribution in [3.8, 4) is 11.5 Å². The zero-order valence-corrected chi connectivity index (χ0v) is 17.5. The van der Waals surface area contributed by atoms with Crippen LogP contribution in [0.1, 0.15) is 56.9 Å². The van der Waals surface area contributed by atoms with E-state index in [0.717, 1.165) is 69.3 Å². The summed E-state index contributed by atoms with van der Waals surface area (Å²) in [5, 5.41) is 0. The maximum Gasteiger partial charge on any atom is 0.209 e. The molecular formula is C24H34N2O3. The van der Waals surface area contributed by atoms with Gasteiger partial charge in [-0.15, -0.1) is 0 Å². The van der Waals surface area contributed by atoms with Crippen molar-refractivity contribution in [2.45, 2.75) is 69.4 Å². The number of piperidine rings is 2. The van der Waals surface area contributed by atoms with Crippen LogP contribution in [0.25, 0.3) is 0 Å². The van der Waals surface area contributed by atoms with Crippen LogP contribution < -0.4 is 9.47 Å². The fourth-order valence-electron chi connectivity index (χ4n) is 5.43. The highest BCUT2D eigenvalue weighted by atomic mass is 16.5. The number of benzene rings is 1. The average Bonchev–Trinajstić information content (AvgIpc) is 2.73. The summed E-state index contributed by atoms with van der Waals surface area (Å²) in [5.41, 5.74) is 1.35. The SMILES string of the molecule is O=CN1CCC(COc2ccc3c(c2)CCC2(CCN(C4CCC4)CC2)O3)CC1. The molecule has 3 fully saturated rings. The Hall–Kier alpha value is -1.75. The third-order valence-electron chi connectivity index (χ3n) is 7.79. The van der Waals surface area contributed by atoms with Gasteiger partial charge < -0.3 is 19.3 Å². The second-order valence-electron chi connectivity index (χ2n) is 9.57. The molecule has 3 aliphatic heterocycles. The second kappa shape index (κ2) is 8.17. The Kier molecular flexibility index (Phi) is 5.42. The maximum atomic E-state index is 10.8. The minimum absolute atomic E-state index is 0.0577. The Balaban J connectivity index is 1.14. The van der Waals surface area contributed by atoms with Crippen molar-refractivity contribution in [1.29, 1.82) is 0 Å². The number of likely N-dealkylation sites (tertiary alicyclic amines) is 2. The lowest BCUT2D eigenvalue weighted by molar-refractivity contribution is -0.119. The predicted octanol–water partition coefficient (Wildman–Crippen LogP) is 3.65. The molecule has 1 saturated carbocycles. The number of fused-ring (bicyclic) bond motifs is 1. The fraction of sp³-hybridized carbons (Fsp3) is 0.708. The van der Waals surface area contributed by atoms with E-state index in [2.05, 4.69) is 23.1 Å². The van der Waals surface area contributed by atoms with Gasteiger partial charge in [-0.3, -0.25) is 4.79 Å². The second-order valence-corrected chi connectivity index (χ2v) is 9.57. The number of aryl methyl sites for hydroxylation is 1. The topological polar surface area (TPSA) is 42.0 Å². The molecule has 1 aliphatic carbocycles. The summed E-state index contributed by atoms with van der Waals surface area (Å²) in [7, 11) is 0. The summed E-state index contributed by atoms with van der Waals surface area (Å²) < 4.78 is 12.7. The molecule has 29 heavy (non-hydrogen) atoms. The number of carbonyl (C=O) groups excluding carboxylic acids is 1. The third kappa shape index (κ3) is 4.11. The molecule has 1 spiro atoms. The van der Waals surface area contributed by atoms with Crippen molar-refractivity contribution >= 4 is 6.41 Å². The van der Waals surface area contributed by atoms with E-state index in [9.17, 15) is 4.79 Å². The van der Waals surface area contributed by atoms with Gasteiger partial charge in [-0.25, -0.2) is 0 Å². The molecule has 0 aromatic heterocycles. The van der Waals surface area contributed by atoms with Crippen LogP contribution >= 0.6 is 0 Å². The van der Waals surface area contributed by atoms with E-state index in [1.165, 1.54) is 50.8 Å². The first-order chi connectivity index (χ1) is 14.2. The first-order valence-electron chi connectivity index (χ1n) is 11.6. The predicted molar refractivity (Wildman–Crippen MR) is 112 cm³/mol. The van der Waals surface area contributed by atoms with Crippen LogP contribution in [0.3, 0.4) is 0 Å². The van der Waals surface area contributed by atoms with Crippen molar-refractivity contribution in [2.75, 3.05) is 32.8 Å². The van der Waals surface area contributed by atoms with Gasteiger partial charge >= 0.3 is 0 Å².